The Balaban J connectivity index is 3.07. The van der Waals surface area contributed by atoms with Gasteiger partial charge in [0, 0.05) is 0 Å². The quantitative estimate of drug-likeness (QED) is 0.412. The van der Waals surface area contributed by atoms with E-state index in [2.05, 4.69) is 18.3 Å². The van der Waals surface area contributed by atoms with Crippen LogP contribution in [-0.4, -0.2) is 0 Å². The molecule has 0 heterocycles. The fourth-order valence-electron chi connectivity index (χ4n) is 0.150. The zero-order chi connectivity index (χ0) is 4.83. The molecule has 0 aromatic carbocycles. The third-order valence-corrected chi connectivity index (χ3v) is 0.706. The van der Waals surface area contributed by atoms with Crippen LogP contribution in [0.4, 0.5) is 0 Å². The van der Waals surface area contributed by atoms with Gasteiger partial charge in [0.25, 0.3) is 0 Å². The molecule has 35 valence electrons. The molecule has 0 aromatic heterocycles. The van der Waals surface area contributed by atoms with Crippen molar-refractivity contribution in [2.24, 2.45) is 0 Å². The first-order valence-electron chi connectivity index (χ1n) is 1.78. The first-order chi connectivity index (χ1) is 2.91. The molecule has 0 radical (unpaired) electrons. The molecule has 0 fully saturated rings. The van der Waals surface area contributed by atoms with E-state index in [0.717, 1.165) is 0 Å². The van der Waals surface area contributed by atoms with Crippen LogP contribution in [0.1, 0.15) is 6.92 Å². The molecule has 0 aliphatic carbocycles. The molecule has 1 heteroatoms. The summed E-state index contributed by atoms with van der Waals surface area (Å²) in [5.41, 5.74) is 0. The first-order valence-corrected chi connectivity index (χ1v) is 2.78. The van der Waals surface area contributed by atoms with E-state index in [0.29, 0.717) is 0 Å². The summed E-state index contributed by atoms with van der Waals surface area (Å²) >= 11 is 2.42. The Morgan fingerprint density at radius 1 is 1.33 bits per heavy atom. The van der Waals surface area contributed by atoms with E-state index >= 15 is 0 Å². The van der Waals surface area contributed by atoms with E-state index in [9.17, 15) is 0 Å². The van der Waals surface area contributed by atoms with Crippen LogP contribution in [0.15, 0.2) is 22.9 Å². The average molecular weight is 168 g/mol. The van der Waals surface area contributed by atoms with Gasteiger partial charge < -0.3 is 0 Å². The summed E-state index contributed by atoms with van der Waals surface area (Å²) in [5.74, 6) is 0. The van der Waals surface area contributed by atoms with Crippen LogP contribution in [-0.2, 0) is 18.3 Å². The van der Waals surface area contributed by atoms with Gasteiger partial charge in [0.05, 0.1) is 0 Å². The van der Waals surface area contributed by atoms with Crippen molar-refractivity contribution in [3.63, 3.8) is 0 Å². The summed E-state index contributed by atoms with van der Waals surface area (Å²) in [5, 5.41) is 0. The van der Waals surface area contributed by atoms with Gasteiger partial charge in [-0.2, -0.15) is 0 Å². The molecule has 0 aliphatic heterocycles. The molecule has 0 nitrogen and oxygen atoms in total. The van der Waals surface area contributed by atoms with Crippen LogP contribution in [0, 0.1) is 0 Å². The number of rotatable bonds is 1. The van der Waals surface area contributed by atoms with Gasteiger partial charge in [0.15, 0.2) is 0 Å². The molecule has 0 atom stereocenters. The number of allylic oxidation sites excluding steroid dienone is 3. The fourth-order valence-corrected chi connectivity index (χ4v) is 0.344. The zero-order valence-corrected chi connectivity index (χ0v) is 5.40. The predicted octanol–water partition coefficient (Wildman–Crippen LogP) is 1.62. The van der Waals surface area contributed by atoms with Gasteiger partial charge in [0.1, 0.15) is 0 Å². The van der Waals surface area contributed by atoms with Crippen LogP contribution < -0.4 is 0 Å². The van der Waals surface area contributed by atoms with Gasteiger partial charge >= 0.3 is 48.1 Å². The molecule has 0 saturated heterocycles. The molecule has 0 saturated carbocycles. The molecule has 0 amide bonds. The molecule has 0 aliphatic rings. The molecule has 0 bridgehead atoms. The Labute approximate surface area is 48.6 Å². The minimum atomic E-state index is 1.93. The summed E-state index contributed by atoms with van der Waals surface area (Å²) in [6.45, 7) is 1.99. The van der Waals surface area contributed by atoms with Crippen molar-refractivity contribution in [2.75, 3.05) is 0 Å². The van der Waals surface area contributed by atoms with E-state index in [1.165, 1.54) is 0 Å². The van der Waals surface area contributed by atoms with E-state index in [1.54, 1.807) is 0 Å². The normalized spacial score (nSPS) is 11.7. The number of hydrogen-bond donors (Lipinski definition) is 0. The predicted molar refractivity (Wildman–Crippen MR) is 24.0 cm³/mol. The summed E-state index contributed by atoms with van der Waals surface area (Å²) in [6, 6.07) is 0. The second kappa shape index (κ2) is 5.10. The summed E-state index contributed by atoms with van der Waals surface area (Å²) < 4.78 is 1.93. The Morgan fingerprint density at radius 3 is 2.17 bits per heavy atom. The number of hydrogen-bond acceptors (Lipinski definition) is 0. The molecule has 0 unspecified atom stereocenters. The average Bonchev–Trinajstić information content (AvgIpc) is 1.61. The van der Waals surface area contributed by atoms with Crippen molar-refractivity contribution < 1.29 is 18.3 Å². The van der Waals surface area contributed by atoms with Crippen molar-refractivity contribution in [1.29, 1.82) is 0 Å². The monoisotopic (exact) mass is 169 g/mol. The molecular formula is C5H7Ru. The van der Waals surface area contributed by atoms with E-state index < -0.39 is 0 Å². The zero-order valence-electron chi connectivity index (χ0n) is 3.66. The third-order valence-electron chi connectivity index (χ3n) is 0.372. The molecule has 6 heavy (non-hydrogen) atoms. The van der Waals surface area contributed by atoms with Gasteiger partial charge in [-0.15, -0.1) is 0 Å². The summed E-state index contributed by atoms with van der Waals surface area (Å²) in [4.78, 5) is 0. The van der Waals surface area contributed by atoms with Crippen LogP contribution in [0.3, 0.4) is 0 Å². The summed E-state index contributed by atoms with van der Waals surface area (Å²) in [6.07, 6.45) is 5.94. The standard InChI is InChI=1S/C5H7.Ru/c1-3-5-4-2;/h1,3-5H,2H3;/b3-1?,5-4+;. The molecule has 0 aromatic rings. The fraction of sp³-hybridized carbons (Fsp3) is 0.200. The van der Waals surface area contributed by atoms with Gasteiger partial charge in [-0.25, -0.2) is 0 Å². The van der Waals surface area contributed by atoms with Crippen LogP contribution >= 0.6 is 0 Å². The van der Waals surface area contributed by atoms with Crippen molar-refractivity contribution in [3.8, 4) is 0 Å². The van der Waals surface area contributed by atoms with Gasteiger partial charge in [-0.1, -0.05) is 0 Å². The second-order valence-electron chi connectivity index (χ2n) is 0.836. The topological polar surface area (TPSA) is 0 Å². The molecule has 0 spiro atoms. The second-order valence-corrected chi connectivity index (χ2v) is 1.42. The maximum absolute atomic E-state index is 2.42. The van der Waals surface area contributed by atoms with Crippen molar-refractivity contribution in [2.45, 2.75) is 6.92 Å². The van der Waals surface area contributed by atoms with Crippen molar-refractivity contribution in [3.05, 3.63) is 22.9 Å². The minimum absolute atomic E-state index is 1.93. The SMILES string of the molecule is C/C=C/C=[CH]/[Ru]. The third kappa shape index (κ3) is 4.10. The van der Waals surface area contributed by atoms with Gasteiger partial charge in [0.2, 0.25) is 0 Å². The first kappa shape index (κ1) is 6.10. The molecule has 0 rings (SSSR count). The Hall–Kier alpha value is 0.103. The van der Waals surface area contributed by atoms with Gasteiger partial charge in [-0.05, 0) is 0 Å². The Kier molecular flexibility index (Phi) is 5.19. The van der Waals surface area contributed by atoms with Crippen molar-refractivity contribution in [1.82, 2.24) is 0 Å². The molecule has 0 N–H and O–H groups in total. The maximum atomic E-state index is 2.42. The van der Waals surface area contributed by atoms with Crippen LogP contribution in [0.5, 0.6) is 0 Å². The summed E-state index contributed by atoms with van der Waals surface area (Å²) in [7, 11) is 0. The molecular weight excluding hydrogens is 161 g/mol. The van der Waals surface area contributed by atoms with Gasteiger partial charge in [-0.3, -0.25) is 0 Å². The van der Waals surface area contributed by atoms with Crippen LogP contribution in [0.2, 0.25) is 0 Å². The van der Waals surface area contributed by atoms with Crippen LogP contribution in [0.25, 0.3) is 0 Å². The van der Waals surface area contributed by atoms with E-state index in [4.69, 9.17) is 0 Å². The van der Waals surface area contributed by atoms with E-state index in [-0.39, 0.29) is 0 Å². The van der Waals surface area contributed by atoms with E-state index in [1.807, 2.05) is 29.8 Å². The van der Waals surface area contributed by atoms with Crippen molar-refractivity contribution >= 4 is 0 Å². The Morgan fingerprint density at radius 2 is 2.00 bits per heavy atom. The Bertz CT molecular complexity index is 52.3.